The van der Waals surface area contributed by atoms with Gasteiger partial charge in [0, 0.05) is 19.3 Å². The summed E-state index contributed by atoms with van der Waals surface area (Å²) in [6.45, 7) is 6.30. The molecular weight excluding hydrogens is 853 g/mol. The van der Waals surface area contributed by atoms with E-state index in [2.05, 4.69) is 142 Å². The molecule has 6 heteroatoms. The van der Waals surface area contributed by atoms with E-state index >= 15 is 0 Å². The zero-order valence-corrected chi connectivity index (χ0v) is 44.3. The zero-order valence-electron chi connectivity index (χ0n) is 44.3. The Morgan fingerprint density at radius 3 is 1.07 bits per heavy atom. The van der Waals surface area contributed by atoms with Crippen molar-refractivity contribution in [3.05, 3.63) is 134 Å². The number of allylic oxidation sites excluding steroid dienone is 22. The van der Waals surface area contributed by atoms with Crippen LogP contribution in [-0.2, 0) is 28.6 Å². The minimum Gasteiger partial charge on any atom is -0.462 e. The lowest BCUT2D eigenvalue weighted by Crippen LogP contribution is -2.30. The summed E-state index contributed by atoms with van der Waals surface area (Å²) in [6, 6.07) is 0. The maximum absolute atomic E-state index is 12.8. The molecule has 0 aliphatic carbocycles. The number of carbonyl (C=O) groups excluding carboxylic acids is 3. The Morgan fingerprint density at radius 2 is 0.638 bits per heavy atom. The van der Waals surface area contributed by atoms with Crippen LogP contribution in [0.3, 0.4) is 0 Å². The van der Waals surface area contributed by atoms with Gasteiger partial charge in [-0.25, -0.2) is 0 Å². The van der Waals surface area contributed by atoms with E-state index in [0.717, 1.165) is 122 Å². The van der Waals surface area contributed by atoms with Gasteiger partial charge in [0.05, 0.1) is 0 Å². The van der Waals surface area contributed by atoms with Gasteiger partial charge < -0.3 is 14.2 Å². The molecule has 0 rings (SSSR count). The third kappa shape index (κ3) is 54.4. The maximum atomic E-state index is 12.8. The zero-order chi connectivity index (χ0) is 50.0. The number of carbonyl (C=O) groups is 3. The average Bonchev–Trinajstić information content (AvgIpc) is 3.35. The van der Waals surface area contributed by atoms with E-state index in [4.69, 9.17) is 14.2 Å². The molecule has 0 spiro atoms. The third-order valence-electron chi connectivity index (χ3n) is 11.2. The molecule has 69 heavy (non-hydrogen) atoms. The fraction of sp³-hybridized carbons (Fsp3) is 0.603. The van der Waals surface area contributed by atoms with Crippen molar-refractivity contribution in [3.63, 3.8) is 0 Å². The van der Waals surface area contributed by atoms with Crippen molar-refractivity contribution in [2.24, 2.45) is 0 Å². The molecule has 0 aliphatic rings. The first-order chi connectivity index (χ1) is 34.0. The molecule has 0 N–H and O–H groups in total. The molecule has 0 aromatic carbocycles. The molecule has 0 aliphatic heterocycles. The van der Waals surface area contributed by atoms with Crippen LogP contribution < -0.4 is 0 Å². The molecule has 0 amide bonds. The fourth-order valence-electron chi connectivity index (χ4n) is 7.06. The minimum atomic E-state index is -0.832. The lowest BCUT2D eigenvalue weighted by molar-refractivity contribution is -0.166. The smallest absolute Gasteiger partial charge is 0.306 e. The van der Waals surface area contributed by atoms with Crippen LogP contribution in [0.1, 0.15) is 226 Å². The molecule has 0 aromatic heterocycles. The van der Waals surface area contributed by atoms with Crippen molar-refractivity contribution in [1.29, 1.82) is 0 Å². The van der Waals surface area contributed by atoms with Crippen LogP contribution >= 0.6 is 0 Å². The van der Waals surface area contributed by atoms with Crippen molar-refractivity contribution < 1.29 is 28.6 Å². The van der Waals surface area contributed by atoms with Crippen LogP contribution in [0.4, 0.5) is 0 Å². The standard InChI is InChI=1S/C63H100O6/c1-4-7-10-13-16-19-22-25-28-31-32-33-36-38-41-44-47-50-53-56-62(65)68-59-60(69-63(66)57-54-51-48-45-42-39-35-30-27-24-21-18-15-12-9-6-3)58-67-61(64)55-52-49-46-43-40-37-34-29-26-23-20-17-14-11-8-5-2/h7,9-10,12,16,18-19,21,25,27-30,32-34,37-38,40-41,47,50,60H,4-6,8,11,13-15,17,20,22-24,26,31,35-36,39,42-46,48-49,51-59H2,1-3H3/b10-7-,12-9-,19-16-,21-18-,28-25-,30-27-,33-32-,34-29-,40-37-,41-38-,50-47-. The monoisotopic (exact) mass is 953 g/mol. The van der Waals surface area contributed by atoms with Crippen LogP contribution in [0, 0.1) is 0 Å². The van der Waals surface area contributed by atoms with Gasteiger partial charge in [0.1, 0.15) is 13.2 Å². The molecule has 0 saturated carbocycles. The number of hydrogen-bond acceptors (Lipinski definition) is 6. The van der Waals surface area contributed by atoms with Crippen molar-refractivity contribution >= 4 is 17.9 Å². The molecule has 388 valence electrons. The quantitative estimate of drug-likeness (QED) is 0.0199. The Hall–Kier alpha value is -4.45. The molecule has 0 heterocycles. The van der Waals surface area contributed by atoms with E-state index < -0.39 is 6.10 Å². The third-order valence-corrected chi connectivity index (χ3v) is 11.2. The molecule has 1 atom stereocenters. The lowest BCUT2D eigenvalue weighted by Gasteiger charge is -2.18. The molecule has 0 bridgehead atoms. The molecule has 1 unspecified atom stereocenters. The summed E-state index contributed by atoms with van der Waals surface area (Å²) in [5.41, 5.74) is 0. The number of ether oxygens (including phenoxy) is 3. The molecular formula is C63H100O6. The van der Waals surface area contributed by atoms with Gasteiger partial charge in [0.15, 0.2) is 6.10 Å². The Labute approximate surface area is 424 Å². The van der Waals surface area contributed by atoms with Gasteiger partial charge in [-0.05, 0) is 116 Å². The Morgan fingerprint density at radius 1 is 0.319 bits per heavy atom. The van der Waals surface area contributed by atoms with Crippen molar-refractivity contribution in [2.75, 3.05) is 13.2 Å². The second kappa shape index (κ2) is 56.1. The predicted octanol–water partition coefficient (Wildman–Crippen LogP) is 18.6. The predicted molar refractivity (Wildman–Crippen MR) is 297 cm³/mol. The van der Waals surface area contributed by atoms with Crippen LogP contribution in [0.5, 0.6) is 0 Å². The summed E-state index contributed by atoms with van der Waals surface area (Å²) < 4.78 is 16.7. The highest BCUT2D eigenvalue weighted by atomic mass is 16.6. The molecule has 0 fully saturated rings. The normalized spacial score (nSPS) is 13.1. The number of hydrogen-bond donors (Lipinski definition) is 0. The maximum Gasteiger partial charge on any atom is 0.306 e. The topological polar surface area (TPSA) is 78.9 Å². The number of unbranched alkanes of at least 4 members (excludes halogenated alkanes) is 16. The molecule has 0 aromatic rings. The SMILES string of the molecule is CC/C=C\C/C=C\C/C=C\C/C=C\C/C=C\C/C=C\CCC(=O)OCC(COC(=O)CCCCC/C=C\C=C/CCCCCCCCC)OC(=O)CCCCCCCC/C=C\C/C=C\C/C=C\CC. The van der Waals surface area contributed by atoms with Gasteiger partial charge in [0.2, 0.25) is 0 Å². The lowest BCUT2D eigenvalue weighted by atomic mass is 10.1. The van der Waals surface area contributed by atoms with Crippen molar-refractivity contribution in [3.8, 4) is 0 Å². The summed E-state index contributed by atoms with van der Waals surface area (Å²) in [5, 5.41) is 0. The summed E-state index contributed by atoms with van der Waals surface area (Å²) in [4.78, 5) is 38.1. The Kier molecular flexibility index (Phi) is 52.5. The Balaban J connectivity index is 4.59. The van der Waals surface area contributed by atoms with E-state index in [-0.39, 0.29) is 44.0 Å². The average molecular weight is 953 g/mol. The highest BCUT2D eigenvalue weighted by Crippen LogP contribution is 2.13. The van der Waals surface area contributed by atoms with E-state index in [1.54, 1.807) is 0 Å². The minimum absolute atomic E-state index is 0.125. The van der Waals surface area contributed by atoms with Gasteiger partial charge in [-0.3, -0.25) is 14.4 Å². The first-order valence-electron chi connectivity index (χ1n) is 27.7. The van der Waals surface area contributed by atoms with Crippen LogP contribution in [0.15, 0.2) is 134 Å². The van der Waals surface area contributed by atoms with Gasteiger partial charge in [-0.15, -0.1) is 0 Å². The van der Waals surface area contributed by atoms with Crippen LogP contribution in [0.25, 0.3) is 0 Å². The summed E-state index contributed by atoms with van der Waals surface area (Å²) in [7, 11) is 0. The first kappa shape index (κ1) is 64.5. The summed E-state index contributed by atoms with van der Waals surface area (Å²) in [6.07, 6.45) is 78.8. The highest BCUT2D eigenvalue weighted by Gasteiger charge is 2.19. The van der Waals surface area contributed by atoms with Crippen molar-refractivity contribution in [2.45, 2.75) is 232 Å². The first-order valence-corrected chi connectivity index (χ1v) is 27.7. The van der Waals surface area contributed by atoms with E-state index in [1.165, 1.54) is 57.8 Å². The van der Waals surface area contributed by atoms with Crippen LogP contribution in [-0.4, -0.2) is 37.2 Å². The van der Waals surface area contributed by atoms with Gasteiger partial charge in [-0.1, -0.05) is 225 Å². The second-order valence-electron chi connectivity index (χ2n) is 17.8. The fourth-order valence-corrected chi connectivity index (χ4v) is 7.06. The van der Waals surface area contributed by atoms with Gasteiger partial charge in [0.25, 0.3) is 0 Å². The van der Waals surface area contributed by atoms with Crippen LogP contribution in [0.2, 0.25) is 0 Å². The summed E-state index contributed by atoms with van der Waals surface area (Å²) >= 11 is 0. The highest BCUT2D eigenvalue weighted by molar-refractivity contribution is 5.71. The number of esters is 3. The van der Waals surface area contributed by atoms with Gasteiger partial charge >= 0.3 is 17.9 Å². The summed E-state index contributed by atoms with van der Waals surface area (Å²) in [5.74, 6) is -1.06. The van der Waals surface area contributed by atoms with E-state index in [0.29, 0.717) is 12.8 Å². The molecule has 0 saturated heterocycles. The molecule has 6 nitrogen and oxygen atoms in total. The second-order valence-corrected chi connectivity index (χ2v) is 17.8. The van der Waals surface area contributed by atoms with Crippen molar-refractivity contribution in [1.82, 2.24) is 0 Å². The Bertz CT molecular complexity index is 1510. The van der Waals surface area contributed by atoms with E-state index in [1.807, 2.05) is 12.2 Å². The number of rotatable bonds is 48. The van der Waals surface area contributed by atoms with Gasteiger partial charge in [-0.2, -0.15) is 0 Å². The largest absolute Gasteiger partial charge is 0.462 e. The van der Waals surface area contributed by atoms with E-state index in [9.17, 15) is 14.4 Å². The molecule has 0 radical (unpaired) electrons.